The molecule has 1 aromatic carbocycles. The van der Waals surface area contributed by atoms with E-state index in [4.69, 9.17) is 5.73 Å². The van der Waals surface area contributed by atoms with Crippen LogP contribution in [0.15, 0.2) is 24.3 Å². The van der Waals surface area contributed by atoms with Gasteiger partial charge in [0, 0.05) is 19.2 Å². The van der Waals surface area contributed by atoms with Gasteiger partial charge in [-0.1, -0.05) is 18.2 Å². The van der Waals surface area contributed by atoms with Gasteiger partial charge >= 0.3 is 0 Å². The number of hydrogen-bond donors (Lipinski definition) is 2. The van der Waals surface area contributed by atoms with Crippen molar-refractivity contribution >= 4 is 11.8 Å². The van der Waals surface area contributed by atoms with Gasteiger partial charge in [0.25, 0.3) is 5.91 Å². The van der Waals surface area contributed by atoms with E-state index in [9.17, 15) is 9.59 Å². The number of carbonyl (C=O) groups is 2. The Morgan fingerprint density at radius 1 is 1.47 bits per heavy atom. The zero-order valence-electron chi connectivity index (χ0n) is 11.1. The fourth-order valence-electron chi connectivity index (χ4n) is 2.31. The van der Waals surface area contributed by atoms with E-state index in [0.717, 1.165) is 5.56 Å². The van der Waals surface area contributed by atoms with Crippen LogP contribution < -0.4 is 11.1 Å². The Bertz CT molecular complexity index is 487. The van der Waals surface area contributed by atoms with Gasteiger partial charge in [0.05, 0.1) is 0 Å². The van der Waals surface area contributed by atoms with E-state index >= 15 is 0 Å². The zero-order chi connectivity index (χ0) is 13.8. The van der Waals surface area contributed by atoms with Crippen molar-refractivity contribution in [1.29, 1.82) is 0 Å². The summed E-state index contributed by atoms with van der Waals surface area (Å²) in [6.07, 6.45) is 1.32. The first-order chi connectivity index (χ1) is 9.13. The molecule has 0 spiro atoms. The van der Waals surface area contributed by atoms with E-state index in [1.165, 1.54) is 0 Å². The van der Waals surface area contributed by atoms with Crippen molar-refractivity contribution in [3.8, 4) is 0 Å². The molecule has 1 aliphatic rings. The highest BCUT2D eigenvalue weighted by molar-refractivity contribution is 5.99. The summed E-state index contributed by atoms with van der Waals surface area (Å²) in [5.41, 5.74) is 7.07. The molecule has 0 aromatic heterocycles. The van der Waals surface area contributed by atoms with E-state index in [-0.39, 0.29) is 11.8 Å². The predicted octanol–water partition coefficient (Wildman–Crippen LogP) is 0.148. The first kappa shape index (κ1) is 13.5. The van der Waals surface area contributed by atoms with Gasteiger partial charge < -0.3 is 16.0 Å². The van der Waals surface area contributed by atoms with Gasteiger partial charge in [0.1, 0.15) is 6.04 Å². The number of amides is 2. The normalized spacial score (nSPS) is 18.7. The molecule has 1 aromatic rings. The highest BCUT2D eigenvalue weighted by atomic mass is 16.2. The summed E-state index contributed by atoms with van der Waals surface area (Å²) in [6, 6.07) is 6.96. The van der Waals surface area contributed by atoms with Crippen LogP contribution >= 0.6 is 0 Å². The summed E-state index contributed by atoms with van der Waals surface area (Å²) in [7, 11) is 1.75. The van der Waals surface area contributed by atoms with Crippen molar-refractivity contribution in [1.82, 2.24) is 10.2 Å². The third kappa shape index (κ3) is 2.93. The van der Waals surface area contributed by atoms with Crippen molar-refractivity contribution < 1.29 is 9.59 Å². The second-order valence-electron chi connectivity index (χ2n) is 4.77. The van der Waals surface area contributed by atoms with Crippen molar-refractivity contribution in [2.45, 2.75) is 18.9 Å². The second-order valence-corrected chi connectivity index (χ2v) is 4.77. The van der Waals surface area contributed by atoms with Crippen LogP contribution in [0.1, 0.15) is 22.3 Å². The lowest BCUT2D eigenvalue weighted by molar-refractivity contribution is -0.128. The Labute approximate surface area is 112 Å². The molecular weight excluding hydrogens is 242 g/mol. The summed E-state index contributed by atoms with van der Waals surface area (Å²) in [5.74, 6) is -0.220. The number of rotatable bonds is 4. The van der Waals surface area contributed by atoms with Crippen LogP contribution in [0.2, 0.25) is 0 Å². The molecule has 0 aliphatic carbocycles. The minimum absolute atomic E-state index is 0.0235. The quantitative estimate of drug-likeness (QED) is 0.810. The van der Waals surface area contributed by atoms with Crippen molar-refractivity contribution in [3.05, 3.63) is 35.4 Å². The van der Waals surface area contributed by atoms with Gasteiger partial charge in [0.15, 0.2) is 0 Å². The fourth-order valence-corrected chi connectivity index (χ4v) is 2.31. The van der Waals surface area contributed by atoms with Crippen molar-refractivity contribution in [2.75, 3.05) is 20.1 Å². The van der Waals surface area contributed by atoms with E-state index in [1.54, 1.807) is 18.0 Å². The third-order valence-electron chi connectivity index (χ3n) is 3.41. The molecule has 19 heavy (non-hydrogen) atoms. The number of likely N-dealkylation sites (tertiary alicyclic amines) is 1. The minimum Gasteiger partial charge on any atom is -0.344 e. The summed E-state index contributed by atoms with van der Waals surface area (Å²) in [4.78, 5) is 25.6. The Morgan fingerprint density at radius 3 is 2.84 bits per heavy atom. The lowest BCUT2D eigenvalue weighted by atomic mass is 10.0. The number of benzene rings is 1. The highest BCUT2D eigenvalue weighted by Gasteiger charge is 2.30. The smallest absolute Gasteiger partial charge is 0.252 e. The molecule has 5 heteroatoms. The van der Waals surface area contributed by atoms with Crippen molar-refractivity contribution in [3.63, 3.8) is 0 Å². The average molecular weight is 261 g/mol. The Morgan fingerprint density at radius 2 is 2.21 bits per heavy atom. The van der Waals surface area contributed by atoms with Gasteiger partial charge in [-0.25, -0.2) is 0 Å². The predicted molar refractivity (Wildman–Crippen MR) is 72.7 cm³/mol. The molecule has 2 amide bonds. The van der Waals surface area contributed by atoms with E-state index < -0.39 is 6.04 Å². The first-order valence-corrected chi connectivity index (χ1v) is 6.47. The molecule has 1 aliphatic heterocycles. The monoisotopic (exact) mass is 261 g/mol. The minimum atomic E-state index is -0.400. The molecule has 102 valence electrons. The number of nitrogens with zero attached hydrogens (tertiary/aromatic N) is 1. The van der Waals surface area contributed by atoms with Crippen LogP contribution in [0.4, 0.5) is 0 Å². The molecule has 0 saturated carbocycles. The van der Waals surface area contributed by atoms with Gasteiger partial charge in [0.2, 0.25) is 5.91 Å². The largest absolute Gasteiger partial charge is 0.344 e. The highest BCUT2D eigenvalue weighted by Crippen LogP contribution is 2.12. The summed E-state index contributed by atoms with van der Waals surface area (Å²) in [6.45, 7) is 1.18. The molecule has 3 N–H and O–H groups in total. The average Bonchev–Trinajstić information content (AvgIpc) is 2.72. The SMILES string of the molecule is CN1CCC(NC(=O)c2ccccc2CCN)C1=O. The Balaban J connectivity index is 2.10. The van der Waals surface area contributed by atoms with Gasteiger partial charge in [-0.05, 0) is 31.0 Å². The molecule has 1 fully saturated rings. The van der Waals surface area contributed by atoms with Gasteiger partial charge in [-0.2, -0.15) is 0 Å². The third-order valence-corrected chi connectivity index (χ3v) is 3.41. The first-order valence-electron chi connectivity index (χ1n) is 6.47. The Kier molecular flexibility index (Phi) is 4.16. The maximum absolute atomic E-state index is 12.2. The lowest BCUT2D eigenvalue weighted by Gasteiger charge is -2.14. The van der Waals surface area contributed by atoms with Gasteiger partial charge in [-0.3, -0.25) is 9.59 Å². The summed E-state index contributed by atoms with van der Waals surface area (Å²) < 4.78 is 0. The summed E-state index contributed by atoms with van der Waals surface area (Å²) >= 11 is 0. The van der Waals surface area contributed by atoms with E-state index in [0.29, 0.717) is 31.5 Å². The molecule has 2 rings (SSSR count). The number of nitrogens with two attached hydrogens (primary N) is 1. The maximum atomic E-state index is 12.2. The van der Waals surface area contributed by atoms with Crippen LogP contribution in [0.25, 0.3) is 0 Å². The molecule has 0 bridgehead atoms. The van der Waals surface area contributed by atoms with Crippen LogP contribution in [-0.4, -0.2) is 42.9 Å². The molecule has 1 unspecified atom stereocenters. The molecule has 1 atom stereocenters. The number of hydrogen-bond acceptors (Lipinski definition) is 3. The number of carbonyl (C=O) groups excluding carboxylic acids is 2. The lowest BCUT2D eigenvalue weighted by Crippen LogP contribution is -2.40. The van der Waals surface area contributed by atoms with E-state index in [1.807, 2.05) is 18.2 Å². The van der Waals surface area contributed by atoms with Crippen LogP contribution in [-0.2, 0) is 11.2 Å². The molecular formula is C14H19N3O2. The van der Waals surface area contributed by atoms with E-state index in [2.05, 4.69) is 5.32 Å². The van der Waals surface area contributed by atoms with Crippen LogP contribution in [0.5, 0.6) is 0 Å². The second kappa shape index (κ2) is 5.84. The van der Waals surface area contributed by atoms with Crippen molar-refractivity contribution in [2.24, 2.45) is 5.73 Å². The van der Waals surface area contributed by atoms with Gasteiger partial charge in [-0.15, -0.1) is 0 Å². The fraction of sp³-hybridized carbons (Fsp3) is 0.429. The Hall–Kier alpha value is -1.88. The topological polar surface area (TPSA) is 75.4 Å². The molecule has 0 radical (unpaired) electrons. The zero-order valence-corrected chi connectivity index (χ0v) is 11.1. The molecule has 1 heterocycles. The standard InChI is InChI=1S/C14H19N3O2/c1-17-9-7-12(14(17)19)16-13(18)11-5-3-2-4-10(11)6-8-15/h2-5,12H,6-9,15H2,1H3,(H,16,18). The van der Waals surface area contributed by atoms with Crippen LogP contribution in [0, 0.1) is 0 Å². The molecule has 5 nitrogen and oxygen atoms in total. The number of nitrogens with one attached hydrogen (secondary N) is 1. The van der Waals surface area contributed by atoms with Crippen LogP contribution in [0.3, 0.4) is 0 Å². The maximum Gasteiger partial charge on any atom is 0.252 e. The summed E-state index contributed by atoms with van der Waals surface area (Å²) in [5, 5.41) is 2.80. The number of likely N-dealkylation sites (N-methyl/N-ethyl adjacent to an activating group) is 1. The molecule has 1 saturated heterocycles.